The number of amides is 2. The summed E-state index contributed by atoms with van der Waals surface area (Å²) in [6, 6.07) is 12.7. The molecule has 0 unspecified atom stereocenters. The lowest BCUT2D eigenvalue weighted by Crippen LogP contribution is -2.34. The predicted octanol–water partition coefficient (Wildman–Crippen LogP) is 2.77. The largest absolute Gasteiger partial charge is 0.497 e. The SMILES string of the molecule is COc1ccc(OC)c(N(CCC(=O)NCc2ccccc2OC)C(C)=O)c1. The molecule has 0 atom stereocenters. The molecule has 0 aliphatic carbocycles. The van der Waals surface area contributed by atoms with Crippen molar-refractivity contribution in [2.75, 3.05) is 32.8 Å². The number of carbonyl (C=O) groups excluding carboxylic acids is 2. The summed E-state index contributed by atoms with van der Waals surface area (Å²) in [5, 5.41) is 2.86. The van der Waals surface area contributed by atoms with Gasteiger partial charge in [-0.3, -0.25) is 9.59 Å². The molecule has 0 fully saturated rings. The Morgan fingerprint density at radius 1 is 0.964 bits per heavy atom. The van der Waals surface area contributed by atoms with E-state index in [1.807, 2.05) is 24.3 Å². The van der Waals surface area contributed by atoms with Crippen LogP contribution in [0.25, 0.3) is 0 Å². The summed E-state index contributed by atoms with van der Waals surface area (Å²) in [7, 11) is 4.67. The summed E-state index contributed by atoms with van der Waals surface area (Å²) >= 11 is 0. The van der Waals surface area contributed by atoms with E-state index in [9.17, 15) is 9.59 Å². The van der Waals surface area contributed by atoms with Gasteiger partial charge in [0.25, 0.3) is 0 Å². The monoisotopic (exact) mass is 386 g/mol. The van der Waals surface area contributed by atoms with Crippen molar-refractivity contribution >= 4 is 17.5 Å². The second-order valence-electron chi connectivity index (χ2n) is 6.05. The standard InChI is InChI=1S/C21H26N2O5/c1-15(24)23(18-13-17(26-2)9-10-20(18)28-4)12-11-21(25)22-14-16-7-5-6-8-19(16)27-3/h5-10,13H,11-12,14H2,1-4H3,(H,22,25). The summed E-state index contributed by atoms with van der Waals surface area (Å²) in [6.07, 6.45) is 0.148. The van der Waals surface area contributed by atoms with E-state index >= 15 is 0 Å². The Bertz CT molecular complexity index is 822. The maximum Gasteiger partial charge on any atom is 0.223 e. The highest BCUT2D eigenvalue weighted by atomic mass is 16.5. The van der Waals surface area contributed by atoms with Gasteiger partial charge in [0.2, 0.25) is 11.8 Å². The topological polar surface area (TPSA) is 77.1 Å². The lowest BCUT2D eigenvalue weighted by molar-refractivity contribution is -0.121. The molecule has 2 amide bonds. The number of benzene rings is 2. The number of nitrogens with zero attached hydrogens (tertiary/aromatic N) is 1. The van der Waals surface area contributed by atoms with Crippen LogP contribution in [-0.2, 0) is 16.1 Å². The molecule has 7 nitrogen and oxygen atoms in total. The van der Waals surface area contributed by atoms with Crippen molar-refractivity contribution in [3.63, 3.8) is 0 Å². The minimum atomic E-state index is -0.191. The Morgan fingerprint density at radius 3 is 2.32 bits per heavy atom. The van der Waals surface area contributed by atoms with E-state index < -0.39 is 0 Å². The third-order valence-electron chi connectivity index (χ3n) is 4.29. The molecular formula is C21H26N2O5. The fourth-order valence-electron chi connectivity index (χ4n) is 2.80. The zero-order valence-corrected chi connectivity index (χ0v) is 16.7. The highest BCUT2D eigenvalue weighted by Crippen LogP contribution is 2.32. The van der Waals surface area contributed by atoms with E-state index in [0.29, 0.717) is 29.5 Å². The molecule has 0 saturated carbocycles. The van der Waals surface area contributed by atoms with Gasteiger partial charge in [0, 0.05) is 38.1 Å². The van der Waals surface area contributed by atoms with Gasteiger partial charge in [-0.15, -0.1) is 0 Å². The molecule has 150 valence electrons. The Labute approximate surface area is 165 Å². The molecule has 0 radical (unpaired) electrons. The first-order valence-electron chi connectivity index (χ1n) is 8.88. The highest BCUT2D eigenvalue weighted by molar-refractivity contribution is 5.94. The Balaban J connectivity index is 2.03. The average Bonchev–Trinajstić information content (AvgIpc) is 2.72. The van der Waals surface area contributed by atoms with Crippen LogP contribution in [0.5, 0.6) is 17.2 Å². The first kappa shape index (κ1) is 21.1. The normalized spacial score (nSPS) is 10.1. The minimum Gasteiger partial charge on any atom is -0.497 e. The van der Waals surface area contributed by atoms with Gasteiger partial charge in [-0.1, -0.05) is 18.2 Å². The van der Waals surface area contributed by atoms with Gasteiger partial charge in [-0.05, 0) is 18.2 Å². The van der Waals surface area contributed by atoms with E-state index in [1.165, 1.54) is 18.9 Å². The fourth-order valence-corrected chi connectivity index (χ4v) is 2.80. The van der Waals surface area contributed by atoms with E-state index in [1.54, 1.807) is 32.4 Å². The van der Waals surface area contributed by atoms with E-state index in [-0.39, 0.29) is 24.8 Å². The van der Waals surface area contributed by atoms with Gasteiger partial charge in [-0.2, -0.15) is 0 Å². The second-order valence-corrected chi connectivity index (χ2v) is 6.05. The summed E-state index contributed by atoms with van der Waals surface area (Å²) in [5.41, 5.74) is 1.45. The maximum absolute atomic E-state index is 12.3. The molecule has 0 bridgehead atoms. The van der Waals surface area contributed by atoms with Crippen LogP contribution in [-0.4, -0.2) is 39.7 Å². The summed E-state index contributed by atoms with van der Waals surface area (Å²) < 4.78 is 15.9. The van der Waals surface area contributed by atoms with Crippen LogP contribution in [0, 0.1) is 0 Å². The average molecular weight is 386 g/mol. The number of nitrogens with one attached hydrogen (secondary N) is 1. The Morgan fingerprint density at radius 2 is 1.68 bits per heavy atom. The van der Waals surface area contributed by atoms with E-state index in [4.69, 9.17) is 14.2 Å². The van der Waals surface area contributed by atoms with Gasteiger partial charge in [-0.25, -0.2) is 0 Å². The van der Waals surface area contributed by atoms with Crippen LogP contribution in [0.15, 0.2) is 42.5 Å². The number of ether oxygens (including phenoxy) is 3. The number of para-hydroxylation sites is 1. The molecule has 0 aromatic heterocycles. The van der Waals surface area contributed by atoms with Crippen molar-refractivity contribution in [1.82, 2.24) is 5.32 Å². The summed E-state index contributed by atoms with van der Waals surface area (Å²) in [4.78, 5) is 26.0. The van der Waals surface area contributed by atoms with Crippen molar-refractivity contribution in [2.24, 2.45) is 0 Å². The van der Waals surface area contributed by atoms with Crippen molar-refractivity contribution < 1.29 is 23.8 Å². The lowest BCUT2D eigenvalue weighted by atomic mass is 10.2. The van der Waals surface area contributed by atoms with Crippen molar-refractivity contribution in [3.8, 4) is 17.2 Å². The number of rotatable bonds is 9. The number of hydrogen-bond donors (Lipinski definition) is 1. The zero-order chi connectivity index (χ0) is 20.5. The number of anilines is 1. The molecule has 2 aromatic carbocycles. The smallest absolute Gasteiger partial charge is 0.223 e. The first-order valence-corrected chi connectivity index (χ1v) is 8.88. The third-order valence-corrected chi connectivity index (χ3v) is 4.29. The fraction of sp³-hybridized carbons (Fsp3) is 0.333. The van der Waals surface area contributed by atoms with Crippen LogP contribution in [0.1, 0.15) is 18.9 Å². The molecule has 0 spiro atoms. The molecule has 2 rings (SSSR count). The summed E-state index contributed by atoms with van der Waals surface area (Å²) in [6.45, 7) is 2.02. The van der Waals surface area contributed by atoms with Crippen LogP contribution in [0.2, 0.25) is 0 Å². The molecule has 0 saturated heterocycles. The molecule has 2 aromatic rings. The first-order chi connectivity index (χ1) is 13.5. The van der Waals surface area contributed by atoms with E-state index in [2.05, 4.69) is 5.32 Å². The van der Waals surface area contributed by atoms with E-state index in [0.717, 1.165) is 5.56 Å². The Hall–Kier alpha value is -3.22. The van der Waals surface area contributed by atoms with Crippen molar-refractivity contribution in [2.45, 2.75) is 19.9 Å². The maximum atomic E-state index is 12.3. The minimum absolute atomic E-state index is 0.148. The molecule has 7 heteroatoms. The van der Waals surface area contributed by atoms with Crippen LogP contribution in [0.4, 0.5) is 5.69 Å². The van der Waals surface area contributed by atoms with Crippen molar-refractivity contribution in [1.29, 1.82) is 0 Å². The van der Waals surface area contributed by atoms with Crippen LogP contribution >= 0.6 is 0 Å². The molecule has 0 aliphatic heterocycles. The second kappa shape index (κ2) is 10.2. The zero-order valence-electron chi connectivity index (χ0n) is 16.7. The molecule has 0 aliphatic rings. The van der Waals surface area contributed by atoms with Crippen LogP contribution in [0.3, 0.4) is 0 Å². The number of carbonyl (C=O) groups is 2. The van der Waals surface area contributed by atoms with Gasteiger partial charge in [0.1, 0.15) is 17.2 Å². The van der Waals surface area contributed by atoms with Gasteiger partial charge < -0.3 is 24.4 Å². The molecule has 28 heavy (non-hydrogen) atoms. The molecular weight excluding hydrogens is 360 g/mol. The van der Waals surface area contributed by atoms with Gasteiger partial charge in [0.15, 0.2) is 0 Å². The molecule has 0 heterocycles. The van der Waals surface area contributed by atoms with Gasteiger partial charge in [0.05, 0.1) is 27.0 Å². The van der Waals surface area contributed by atoms with Crippen LogP contribution < -0.4 is 24.4 Å². The lowest BCUT2D eigenvalue weighted by Gasteiger charge is -2.23. The number of hydrogen-bond acceptors (Lipinski definition) is 5. The highest BCUT2D eigenvalue weighted by Gasteiger charge is 2.18. The Kier molecular flexibility index (Phi) is 7.68. The van der Waals surface area contributed by atoms with Gasteiger partial charge >= 0.3 is 0 Å². The quantitative estimate of drug-likeness (QED) is 0.717. The summed E-state index contributed by atoms with van der Waals surface area (Å²) in [5.74, 6) is 1.49. The third kappa shape index (κ3) is 5.39. The molecule has 1 N–H and O–H groups in total. The van der Waals surface area contributed by atoms with Crippen molar-refractivity contribution in [3.05, 3.63) is 48.0 Å². The number of methoxy groups -OCH3 is 3. The predicted molar refractivity (Wildman–Crippen MR) is 107 cm³/mol.